The van der Waals surface area contributed by atoms with Crippen LogP contribution in [0.1, 0.15) is 29.8 Å². The van der Waals surface area contributed by atoms with Gasteiger partial charge in [0.05, 0.1) is 0 Å². The monoisotopic (exact) mass is 379 g/mol. The van der Waals surface area contributed by atoms with Crippen LogP contribution in [0.2, 0.25) is 5.02 Å². The minimum absolute atomic E-state index is 0.114. The van der Waals surface area contributed by atoms with E-state index in [-0.39, 0.29) is 18.0 Å². The summed E-state index contributed by atoms with van der Waals surface area (Å²) in [6, 6.07) is 14.5. The molecule has 0 spiro atoms. The van der Waals surface area contributed by atoms with E-state index in [1.165, 1.54) is 4.90 Å². The van der Waals surface area contributed by atoms with Crippen LogP contribution in [0.5, 0.6) is 0 Å². The van der Waals surface area contributed by atoms with Crippen molar-refractivity contribution >= 4 is 34.4 Å². The molecule has 3 amide bonds. The van der Waals surface area contributed by atoms with Crippen LogP contribution in [0.4, 0.5) is 4.79 Å². The zero-order valence-electron chi connectivity index (χ0n) is 14.8. The summed E-state index contributed by atoms with van der Waals surface area (Å²) in [6.45, 7) is 2.22. The fraction of sp³-hybridized carbons (Fsp3) is 0.238. The molecule has 0 saturated carbocycles. The van der Waals surface area contributed by atoms with Gasteiger partial charge in [-0.15, -0.1) is 0 Å². The third kappa shape index (κ3) is 2.24. The van der Waals surface area contributed by atoms with Gasteiger partial charge in [0.25, 0.3) is 5.91 Å². The molecule has 2 atom stereocenters. The van der Waals surface area contributed by atoms with Crippen LogP contribution < -0.4 is 0 Å². The number of hydrogen-bond donors (Lipinski definition) is 1. The second-order valence-electron chi connectivity index (χ2n) is 7.01. The van der Waals surface area contributed by atoms with Crippen LogP contribution in [0.3, 0.4) is 0 Å². The van der Waals surface area contributed by atoms with Crippen molar-refractivity contribution in [2.75, 3.05) is 6.54 Å². The van der Waals surface area contributed by atoms with Crippen LogP contribution in [0.15, 0.2) is 48.5 Å². The number of nitrogens with zero attached hydrogens (tertiary/aromatic N) is 2. The van der Waals surface area contributed by atoms with Gasteiger partial charge in [-0.3, -0.25) is 14.6 Å². The van der Waals surface area contributed by atoms with Gasteiger partial charge >= 0.3 is 6.03 Å². The van der Waals surface area contributed by atoms with E-state index < -0.39 is 6.04 Å². The number of hydrogen-bond acceptors (Lipinski definition) is 2. The van der Waals surface area contributed by atoms with Crippen molar-refractivity contribution in [1.29, 1.82) is 0 Å². The van der Waals surface area contributed by atoms with E-state index >= 15 is 0 Å². The Bertz CT molecular complexity index is 1070. The first-order valence-electron chi connectivity index (χ1n) is 9.08. The predicted octanol–water partition coefficient (Wildman–Crippen LogP) is 4.12. The molecular formula is C21H18ClN3O2. The number of carbonyl (C=O) groups is 2. The molecular weight excluding hydrogens is 362 g/mol. The third-order valence-electron chi connectivity index (χ3n) is 5.64. The van der Waals surface area contributed by atoms with Crippen LogP contribution in [0.25, 0.3) is 10.9 Å². The molecule has 0 radical (unpaired) electrons. The number of imide groups is 1. The SMILES string of the molecule is CCN1C(=O)[C@H]2Cc3c([nH]c4ccccc34)[C@H](c3ccc(Cl)cc3)N2C1=O. The lowest BCUT2D eigenvalue weighted by Crippen LogP contribution is -2.44. The molecule has 0 unspecified atom stereocenters. The van der Waals surface area contributed by atoms with Crippen molar-refractivity contribution in [3.05, 3.63) is 70.4 Å². The van der Waals surface area contributed by atoms with Crippen molar-refractivity contribution < 1.29 is 9.59 Å². The fourth-order valence-corrected chi connectivity index (χ4v) is 4.54. The van der Waals surface area contributed by atoms with E-state index in [2.05, 4.69) is 11.1 Å². The van der Waals surface area contributed by atoms with Crippen molar-refractivity contribution in [1.82, 2.24) is 14.8 Å². The number of likely N-dealkylation sites (N-methyl/N-ethyl adjacent to an activating group) is 1. The lowest BCUT2D eigenvalue weighted by Gasteiger charge is -2.36. The summed E-state index contributed by atoms with van der Waals surface area (Å²) < 4.78 is 0. The fourth-order valence-electron chi connectivity index (χ4n) is 4.41. The Balaban J connectivity index is 1.75. The van der Waals surface area contributed by atoms with Crippen molar-refractivity contribution in [2.24, 2.45) is 0 Å². The molecule has 3 aromatic rings. The Labute approximate surface area is 161 Å². The summed E-state index contributed by atoms with van der Waals surface area (Å²) in [5.41, 5.74) is 4.06. The average molecular weight is 380 g/mol. The maximum atomic E-state index is 13.0. The molecule has 3 heterocycles. The minimum atomic E-state index is -0.468. The second kappa shape index (κ2) is 5.86. The van der Waals surface area contributed by atoms with Gasteiger partial charge in [0.2, 0.25) is 0 Å². The Kier molecular flexibility index (Phi) is 3.56. The summed E-state index contributed by atoms with van der Waals surface area (Å²) in [6.07, 6.45) is 0.532. The molecule has 1 aromatic heterocycles. The summed E-state index contributed by atoms with van der Waals surface area (Å²) in [5, 5.41) is 1.75. The number of para-hydroxylation sites is 1. The smallest absolute Gasteiger partial charge is 0.328 e. The van der Waals surface area contributed by atoms with Gasteiger partial charge < -0.3 is 4.98 Å². The van der Waals surface area contributed by atoms with Gasteiger partial charge in [0, 0.05) is 34.6 Å². The normalized spacial score (nSPS) is 21.7. The quantitative estimate of drug-likeness (QED) is 0.681. The van der Waals surface area contributed by atoms with E-state index in [4.69, 9.17) is 11.6 Å². The van der Waals surface area contributed by atoms with Gasteiger partial charge in [-0.2, -0.15) is 0 Å². The number of aromatic nitrogens is 1. The van der Waals surface area contributed by atoms with Crippen molar-refractivity contribution in [2.45, 2.75) is 25.4 Å². The van der Waals surface area contributed by atoms with Gasteiger partial charge in [-0.25, -0.2) is 4.79 Å². The van der Waals surface area contributed by atoms with Gasteiger partial charge in [-0.1, -0.05) is 41.9 Å². The number of fused-ring (bicyclic) bond motifs is 4. The molecule has 1 N–H and O–H groups in total. The highest BCUT2D eigenvalue weighted by molar-refractivity contribution is 6.30. The van der Waals surface area contributed by atoms with Crippen LogP contribution in [-0.2, 0) is 11.2 Å². The van der Waals surface area contributed by atoms with Crippen LogP contribution >= 0.6 is 11.6 Å². The number of benzene rings is 2. The highest BCUT2D eigenvalue weighted by atomic mass is 35.5. The highest BCUT2D eigenvalue weighted by Gasteiger charge is 2.51. The van der Waals surface area contributed by atoms with Crippen LogP contribution in [-0.4, -0.2) is 39.3 Å². The first-order chi connectivity index (χ1) is 13.1. The largest absolute Gasteiger partial charge is 0.356 e. The topological polar surface area (TPSA) is 56.4 Å². The Morgan fingerprint density at radius 2 is 1.85 bits per heavy atom. The number of carbonyl (C=O) groups excluding carboxylic acids is 2. The van der Waals surface area contributed by atoms with Crippen molar-refractivity contribution in [3.63, 3.8) is 0 Å². The van der Waals surface area contributed by atoms with Crippen LogP contribution in [0, 0.1) is 0 Å². The minimum Gasteiger partial charge on any atom is -0.356 e. The first kappa shape index (κ1) is 16.4. The molecule has 136 valence electrons. The summed E-state index contributed by atoms with van der Waals surface area (Å²) in [5.74, 6) is -0.114. The molecule has 1 saturated heterocycles. The number of amides is 3. The number of H-pyrrole nitrogens is 1. The molecule has 0 bridgehead atoms. The van der Waals surface area contributed by atoms with E-state index in [0.717, 1.165) is 27.7 Å². The average Bonchev–Trinajstić information content (AvgIpc) is 3.16. The van der Waals surface area contributed by atoms with E-state index in [1.54, 1.807) is 4.90 Å². The zero-order chi connectivity index (χ0) is 18.7. The molecule has 5 rings (SSSR count). The molecule has 27 heavy (non-hydrogen) atoms. The zero-order valence-corrected chi connectivity index (χ0v) is 15.5. The summed E-state index contributed by atoms with van der Waals surface area (Å²) in [4.78, 5) is 32.5. The number of nitrogens with one attached hydrogen (secondary N) is 1. The molecule has 5 nitrogen and oxygen atoms in total. The van der Waals surface area contributed by atoms with Gasteiger partial charge in [-0.05, 0) is 36.2 Å². The Morgan fingerprint density at radius 3 is 2.59 bits per heavy atom. The van der Waals surface area contributed by atoms with Gasteiger partial charge in [0.15, 0.2) is 0 Å². The van der Waals surface area contributed by atoms with Gasteiger partial charge in [0.1, 0.15) is 12.1 Å². The Morgan fingerprint density at radius 1 is 1.11 bits per heavy atom. The van der Waals surface area contributed by atoms with Crippen molar-refractivity contribution in [3.8, 4) is 0 Å². The molecule has 6 heteroatoms. The number of aromatic amines is 1. The second-order valence-corrected chi connectivity index (χ2v) is 7.45. The van der Waals surface area contributed by atoms with E-state index in [9.17, 15) is 9.59 Å². The number of urea groups is 1. The predicted molar refractivity (Wildman–Crippen MR) is 104 cm³/mol. The summed E-state index contributed by atoms with van der Waals surface area (Å²) >= 11 is 6.07. The molecule has 0 aliphatic carbocycles. The highest BCUT2D eigenvalue weighted by Crippen LogP contribution is 2.43. The lowest BCUT2D eigenvalue weighted by atomic mass is 9.89. The molecule has 2 aromatic carbocycles. The Hall–Kier alpha value is -2.79. The molecule has 2 aliphatic rings. The lowest BCUT2D eigenvalue weighted by molar-refractivity contribution is -0.128. The third-order valence-corrected chi connectivity index (χ3v) is 5.89. The maximum Gasteiger partial charge on any atom is 0.328 e. The molecule has 1 fully saturated rings. The standard InChI is InChI=1S/C21H18ClN3O2/c1-2-24-20(26)17-11-15-14-5-3-4-6-16(14)23-18(15)19(25(17)21(24)27)12-7-9-13(22)10-8-12/h3-10,17,19,23H,2,11H2,1H3/t17-,19+/m1/s1. The first-order valence-corrected chi connectivity index (χ1v) is 9.46. The molecule has 2 aliphatic heterocycles. The van der Waals surface area contributed by atoms with E-state index in [1.807, 2.05) is 49.4 Å². The summed E-state index contributed by atoms with van der Waals surface area (Å²) in [7, 11) is 0. The maximum absolute atomic E-state index is 13.0. The number of halogens is 1. The number of rotatable bonds is 2. The van der Waals surface area contributed by atoms with E-state index in [0.29, 0.717) is 18.0 Å².